The number of piperazine rings is 1. The van der Waals surface area contributed by atoms with Crippen LogP contribution < -0.4 is 10.1 Å². The predicted octanol–water partition coefficient (Wildman–Crippen LogP) is 2.21. The van der Waals surface area contributed by atoms with Gasteiger partial charge in [0.05, 0.1) is 12.8 Å². The van der Waals surface area contributed by atoms with Gasteiger partial charge in [-0.05, 0) is 37.1 Å². The van der Waals surface area contributed by atoms with Crippen LogP contribution in [0.25, 0.3) is 11.1 Å². The van der Waals surface area contributed by atoms with Gasteiger partial charge in [-0.25, -0.2) is 8.42 Å². The highest BCUT2D eigenvalue weighted by Gasteiger charge is 2.33. The molecule has 4 rings (SSSR count). The van der Waals surface area contributed by atoms with Crippen LogP contribution >= 0.6 is 0 Å². The van der Waals surface area contributed by atoms with Gasteiger partial charge in [0.2, 0.25) is 21.8 Å². The Morgan fingerprint density at radius 2 is 1.82 bits per heavy atom. The van der Waals surface area contributed by atoms with Gasteiger partial charge < -0.3 is 15.0 Å². The minimum absolute atomic E-state index is 0.0599. The van der Waals surface area contributed by atoms with E-state index in [1.54, 1.807) is 18.2 Å². The number of carbonyl (C=O) groups excluding carboxylic acids is 2. The molecule has 0 atom stereocenters. The van der Waals surface area contributed by atoms with Crippen molar-refractivity contribution in [1.82, 2.24) is 19.0 Å². The minimum atomic E-state index is -3.83. The number of aryl methyl sites for hydroxylation is 1. The maximum atomic E-state index is 13.6. The second kappa shape index (κ2) is 9.85. The van der Waals surface area contributed by atoms with Crippen LogP contribution in [-0.2, 0) is 21.2 Å². The summed E-state index contributed by atoms with van der Waals surface area (Å²) in [6, 6.07) is 4.90. The van der Waals surface area contributed by atoms with Gasteiger partial charge >= 0.3 is 0 Å². The lowest BCUT2D eigenvalue weighted by Gasteiger charge is -2.34. The number of hydrogen-bond donors (Lipinski definition) is 1. The zero-order valence-corrected chi connectivity index (χ0v) is 20.7. The van der Waals surface area contributed by atoms with Crippen molar-refractivity contribution in [2.24, 2.45) is 0 Å². The first-order valence-electron chi connectivity index (χ1n) is 11.7. The van der Waals surface area contributed by atoms with Gasteiger partial charge in [0, 0.05) is 44.6 Å². The second-order valence-electron chi connectivity index (χ2n) is 8.49. The molecule has 34 heavy (non-hydrogen) atoms. The number of benzene rings is 1. The smallest absolute Gasteiger partial charge is 0.249 e. The van der Waals surface area contributed by atoms with Gasteiger partial charge in [-0.3, -0.25) is 9.59 Å². The Labute approximate surface area is 199 Å². The van der Waals surface area contributed by atoms with Crippen LogP contribution in [0.3, 0.4) is 0 Å². The highest BCUT2D eigenvalue weighted by atomic mass is 32.2. The normalized spacial score (nSPS) is 17.9. The Morgan fingerprint density at radius 3 is 2.47 bits per heavy atom. The van der Waals surface area contributed by atoms with Crippen molar-refractivity contribution < 1.29 is 22.7 Å². The third kappa shape index (κ3) is 4.47. The van der Waals surface area contributed by atoms with Gasteiger partial charge in [-0.15, -0.1) is 0 Å². The Hall–Kier alpha value is -2.76. The predicted molar refractivity (Wildman–Crippen MR) is 128 cm³/mol. The fraction of sp³-hybridized carbons (Fsp3) is 0.522. The molecule has 1 amide bonds. The van der Waals surface area contributed by atoms with Crippen LogP contribution in [0.1, 0.15) is 43.6 Å². The summed E-state index contributed by atoms with van der Waals surface area (Å²) in [6.45, 7) is 7.13. The molecule has 0 radical (unpaired) electrons. The van der Waals surface area contributed by atoms with Crippen molar-refractivity contribution >= 4 is 27.7 Å². The van der Waals surface area contributed by atoms with E-state index in [-0.39, 0.29) is 41.1 Å². The highest BCUT2D eigenvalue weighted by Crippen LogP contribution is 2.38. The van der Waals surface area contributed by atoms with Crippen molar-refractivity contribution in [3.63, 3.8) is 0 Å². The molecule has 0 unspecified atom stereocenters. The fourth-order valence-electron chi connectivity index (χ4n) is 4.51. The summed E-state index contributed by atoms with van der Waals surface area (Å²) in [4.78, 5) is 27.1. The lowest BCUT2D eigenvalue weighted by molar-refractivity contribution is -0.116. The molecule has 1 aromatic carbocycles. The number of nitrogens with one attached hydrogen (secondary N) is 1. The summed E-state index contributed by atoms with van der Waals surface area (Å²) < 4.78 is 35.4. The maximum absolute atomic E-state index is 13.6. The molecule has 0 bridgehead atoms. The van der Waals surface area contributed by atoms with E-state index in [0.29, 0.717) is 49.4 Å². The number of ether oxygens (including phenoxy) is 1. The van der Waals surface area contributed by atoms with Crippen molar-refractivity contribution in [3.05, 3.63) is 23.9 Å². The van der Waals surface area contributed by atoms with E-state index in [9.17, 15) is 18.0 Å². The molecule has 10 nitrogen and oxygen atoms in total. The third-order valence-electron chi connectivity index (χ3n) is 6.29. The molecule has 0 saturated carbocycles. The number of hydrogen-bond acceptors (Lipinski definition) is 7. The number of sulfonamides is 1. The van der Waals surface area contributed by atoms with Gasteiger partial charge in [-0.2, -0.15) is 14.1 Å². The van der Waals surface area contributed by atoms with Crippen LogP contribution in [0, 0.1) is 0 Å². The molecule has 3 heterocycles. The van der Waals surface area contributed by atoms with E-state index in [2.05, 4.69) is 22.2 Å². The standard InChI is InChI=1S/C23H31N5O5S/c1-4-10-26-11-13-27(14-12-26)34(31,32)19-15-16(6-7-18(19)33-3)22-17(5-2)25-28-21(30)9-8-20(29)24-23(22)28/h6-7,15H,4-5,8-14H2,1-3H3,(H,24,29). The van der Waals surface area contributed by atoms with E-state index in [1.807, 2.05) is 6.92 Å². The van der Waals surface area contributed by atoms with Crippen molar-refractivity contribution in [2.75, 3.05) is 45.2 Å². The quantitative estimate of drug-likeness (QED) is 0.634. The zero-order valence-electron chi connectivity index (χ0n) is 19.8. The van der Waals surface area contributed by atoms with Gasteiger partial charge in [0.25, 0.3) is 0 Å². The Morgan fingerprint density at radius 1 is 1.09 bits per heavy atom. The van der Waals surface area contributed by atoms with Gasteiger partial charge in [-0.1, -0.05) is 19.9 Å². The van der Waals surface area contributed by atoms with Crippen LogP contribution in [0.4, 0.5) is 5.82 Å². The summed E-state index contributed by atoms with van der Waals surface area (Å²) in [5.74, 6) is -0.0231. The molecule has 0 spiro atoms. The molecule has 2 aromatic rings. The maximum Gasteiger partial charge on any atom is 0.249 e. The van der Waals surface area contributed by atoms with E-state index >= 15 is 0 Å². The number of methoxy groups -OCH3 is 1. The average molecular weight is 490 g/mol. The molecular weight excluding hydrogens is 458 g/mol. The molecular formula is C23H31N5O5S. The lowest BCUT2D eigenvalue weighted by atomic mass is 10.0. The van der Waals surface area contributed by atoms with E-state index in [4.69, 9.17) is 4.74 Å². The second-order valence-corrected chi connectivity index (χ2v) is 10.4. The summed E-state index contributed by atoms with van der Waals surface area (Å²) in [7, 11) is -2.39. The molecule has 0 aliphatic carbocycles. The van der Waals surface area contributed by atoms with Crippen LogP contribution in [0.15, 0.2) is 23.1 Å². The summed E-state index contributed by atoms with van der Waals surface area (Å²) >= 11 is 0. The van der Waals surface area contributed by atoms with Crippen molar-refractivity contribution in [3.8, 4) is 16.9 Å². The Bertz CT molecular complexity index is 1200. The number of nitrogens with zero attached hydrogens (tertiary/aromatic N) is 4. The zero-order chi connectivity index (χ0) is 24.5. The monoisotopic (exact) mass is 489 g/mol. The molecule has 2 aliphatic heterocycles. The average Bonchev–Trinajstić information content (AvgIpc) is 3.14. The molecule has 1 N–H and O–H groups in total. The van der Waals surface area contributed by atoms with Crippen LogP contribution in [0.5, 0.6) is 5.75 Å². The summed E-state index contributed by atoms with van der Waals surface area (Å²) in [6.07, 6.45) is 1.67. The third-order valence-corrected chi connectivity index (χ3v) is 8.21. The molecule has 2 aliphatic rings. The number of amides is 1. The minimum Gasteiger partial charge on any atom is -0.495 e. The highest BCUT2D eigenvalue weighted by molar-refractivity contribution is 7.89. The van der Waals surface area contributed by atoms with Crippen LogP contribution in [0.2, 0.25) is 0 Å². The Kier molecular flexibility index (Phi) is 7.06. The fourth-order valence-corrected chi connectivity index (χ4v) is 6.12. The number of anilines is 1. The first kappa shape index (κ1) is 24.4. The topological polar surface area (TPSA) is 114 Å². The molecule has 1 aromatic heterocycles. The largest absolute Gasteiger partial charge is 0.495 e. The molecule has 1 saturated heterocycles. The summed E-state index contributed by atoms with van der Waals surface area (Å²) in [5, 5.41) is 7.21. The number of aromatic nitrogens is 2. The first-order chi connectivity index (χ1) is 16.3. The Balaban J connectivity index is 1.77. The molecule has 1 fully saturated rings. The van der Waals surface area contributed by atoms with E-state index in [1.165, 1.54) is 16.1 Å². The number of fused-ring (bicyclic) bond motifs is 1. The SMILES string of the molecule is CCCN1CCN(S(=O)(=O)c2cc(-c3c(CC)nn4c3NC(=O)CCC4=O)ccc2OC)CC1. The van der Waals surface area contributed by atoms with Crippen LogP contribution in [-0.4, -0.2) is 79.1 Å². The van der Waals surface area contributed by atoms with Crippen molar-refractivity contribution in [1.29, 1.82) is 0 Å². The number of carbonyl (C=O) groups is 2. The molecule has 184 valence electrons. The lowest BCUT2D eigenvalue weighted by Crippen LogP contribution is -2.48. The van der Waals surface area contributed by atoms with Gasteiger partial charge in [0.1, 0.15) is 16.5 Å². The van der Waals surface area contributed by atoms with Gasteiger partial charge in [0.15, 0.2) is 0 Å². The van der Waals surface area contributed by atoms with Crippen molar-refractivity contribution in [2.45, 2.75) is 44.4 Å². The van der Waals surface area contributed by atoms with E-state index < -0.39 is 10.0 Å². The molecule has 11 heteroatoms. The number of rotatable bonds is 7. The first-order valence-corrected chi connectivity index (χ1v) is 13.1. The summed E-state index contributed by atoms with van der Waals surface area (Å²) in [5.41, 5.74) is 1.71. The van der Waals surface area contributed by atoms with E-state index in [0.717, 1.165) is 13.0 Å².